The minimum absolute atomic E-state index is 0.244. The quantitative estimate of drug-likeness (QED) is 0.632. The maximum absolute atomic E-state index is 12.0. The first-order valence-corrected chi connectivity index (χ1v) is 7.33. The molecule has 0 heterocycles. The standard InChI is InChI=1S/C10H23N3O3S/c1-12(5-3-4-11)17(15,16)13(2)8-9-6-10(14)7-9/h9-10,14H,3-8,11H2,1-2H3. The van der Waals surface area contributed by atoms with E-state index in [0.717, 1.165) is 0 Å². The summed E-state index contributed by atoms with van der Waals surface area (Å²) in [4.78, 5) is 0. The molecule has 0 atom stereocenters. The van der Waals surface area contributed by atoms with Crippen LogP contribution in [-0.4, -0.2) is 62.0 Å². The second-order valence-electron chi connectivity index (χ2n) is 4.74. The molecule has 0 unspecified atom stereocenters. The van der Waals surface area contributed by atoms with Crippen molar-refractivity contribution < 1.29 is 13.5 Å². The van der Waals surface area contributed by atoms with Crippen LogP contribution < -0.4 is 5.73 Å². The van der Waals surface area contributed by atoms with Gasteiger partial charge in [-0.05, 0) is 31.7 Å². The number of nitrogens with zero attached hydrogens (tertiary/aromatic N) is 2. The lowest BCUT2D eigenvalue weighted by Crippen LogP contribution is -2.45. The van der Waals surface area contributed by atoms with Crippen molar-refractivity contribution in [3.8, 4) is 0 Å². The largest absolute Gasteiger partial charge is 0.393 e. The molecule has 0 radical (unpaired) electrons. The number of hydrogen-bond donors (Lipinski definition) is 2. The first kappa shape index (κ1) is 14.8. The molecule has 0 bridgehead atoms. The highest BCUT2D eigenvalue weighted by atomic mass is 32.2. The number of hydrogen-bond acceptors (Lipinski definition) is 4. The summed E-state index contributed by atoms with van der Waals surface area (Å²) in [5, 5.41) is 9.17. The van der Waals surface area contributed by atoms with Crippen molar-refractivity contribution in [1.29, 1.82) is 0 Å². The van der Waals surface area contributed by atoms with E-state index < -0.39 is 10.2 Å². The van der Waals surface area contributed by atoms with Gasteiger partial charge in [-0.15, -0.1) is 0 Å². The van der Waals surface area contributed by atoms with Crippen LogP contribution in [-0.2, 0) is 10.2 Å². The molecule has 0 saturated heterocycles. The van der Waals surface area contributed by atoms with Gasteiger partial charge in [0.25, 0.3) is 10.2 Å². The average molecular weight is 265 g/mol. The van der Waals surface area contributed by atoms with E-state index in [4.69, 9.17) is 10.8 Å². The first-order valence-electron chi connectivity index (χ1n) is 5.93. The molecule has 17 heavy (non-hydrogen) atoms. The van der Waals surface area contributed by atoms with Gasteiger partial charge in [0.15, 0.2) is 0 Å². The van der Waals surface area contributed by atoms with Gasteiger partial charge < -0.3 is 10.8 Å². The van der Waals surface area contributed by atoms with Crippen molar-refractivity contribution in [2.24, 2.45) is 11.7 Å². The Hall–Kier alpha value is -0.210. The molecular formula is C10H23N3O3S. The lowest BCUT2D eigenvalue weighted by molar-refractivity contribution is 0.0362. The summed E-state index contributed by atoms with van der Waals surface area (Å²) in [5.74, 6) is 0.285. The minimum atomic E-state index is -3.37. The van der Waals surface area contributed by atoms with Gasteiger partial charge in [0.1, 0.15) is 0 Å². The van der Waals surface area contributed by atoms with Crippen molar-refractivity contribution in [3.05, 3.63) is 0 Å². The minimum Gasteiger partial charge on any atom is -0.393 e. The third-order valence-corrected chi connectivity index (χ3v) is 5.10. The van der Waals surface area contributed by atoms with Gasteiger partial charge in [0, 0.05) is 27.2 Å². The van der Waals surface area contributed by atoms with Crippen molar-refractivity contribution in [2.75, 3.05) is 33.7 Å². The Morgan fingerprint density at radius 3 is 2.35 bits per heavy atom. The normalized spacial score (nSPS) is 25.3. The fraction of sp³-hybridized carbons (Fsp3) is 1.00. The van der Waals surface area contributed by atoms with E-state index in [-0.39, 0.29) is 12.0 Å². The Morgan fingerprint density at radius 1 is 1.29 bits per heavy atom. The predicted octanol–water partition coefficient (Wildman–Crippen LogP) is -0.785. The zero-order valence-electron chi connectivity index (χ0n) is 10.5. The second kappa shape index (κ2) is 6.10. The molecule has 0 spiro atoms. The van der Waals surface area contributed by atoms with Gasteiger partial charge in [-0.25, -0.2) is 0 Å². The van der Waals surface area contributed by atoms with Crippen molar-refractivity contribution in [1.82, 2.24) is 8.61 Å². The zero-order valence-corrected chi connectivity index (χ0v) is 11.4. The molecule has 0 amide bonds. The van der Waals surface area contributed by atoms with Gasteiger partial charge in [0.05, 0.1) is 6.10 Å². The Labute approximate surface area is 104 Å². The van der Waals surface area contributed by atoms with Crippen LogP contribution in [0.1, 0.15) is 19.3 Å². The monoisotopic (exact) mass is 265 g/mol. The molecule has 1 aliphatic rings. The topological polar surface area (TPSA) is 86.9 Å². The summed E-state index contributed by atoms with van der Waals surface area (Å²) in [7, 11) is -0.222. The predicted molar refractivity (Wildman–Crippen MR) is 66.6 cm³/mol. The highest BCUT2D eigenvalue weighted by Gasteiger charge is 2.32. The van der Waals surface area contributed by atoms with Gasteiger partial charge in [-0.2, -0.15) is 17.0 Å². The van der Waals surface area contributed by atoms with E-state index in [1.807, 2.05) is 0 Å². The Balaban J connectivity index is 2.45. The molecule has 0 aromatic carbocycles. The van der Waals surface area contributed by atoms with E-state index >= 15 is 0 Å². The molecule has 0 aromatic heterocycles. The SMILES string of the molecule is CN(CCCN)S(=O)(=O)N(C)CC1CC(O)C1. The molecule has 7 heteroatoms. The average Bonchev–Trinajstić information content (AvgIpc) is 2.23. The van der Waals surface area contributed by atoms with Crippen LogP contribution >= 0.6 is 0 Å². The number of rotatable bonds is 7. The molecule has 1 fully saturated rings. The van der Waals surface area contributed by atoms with E-state index in [1.165, 1.54) is 8.61 Å². The van der Waals surface area contributed by atoms with Crippen LogP contribution in [0.5, 0.6) is 0 Å². The lowest BCUT2D eigenvalue weighted by atomic mass is 9.82. The number of aliphatic hydroxyl groups is 1. The van der Waals surface area contributed by atoms with Crippen molar-refractivity contribution >= 4 is 10.2 Å². The highest BCUT2D eigenvalue weighted by Crippen LogP contribution is 2.28. The van der Waals surface area contributed by atoms with Crippen LogP contribution in [0, 0.1) is 5.92 Å². The molecular weight excluding hydrogens is 242 g/mol. The molecule has 6 nitrogen and oxygen atoms in total. The van der Waals surface area contributed by atoms with Crippen LogP contribution in [0.3, 0.4) is 0 Å². The molecule has 1 saturated carbocycles. The van der Waals surface area contributed by atoms with E-state index in [9.17, 15) is 8.42 Å². The molecule has 0 aromatic rings. The van der Waals surface area contributed by atoms with E-state index in [0.29, 0.717) is 38.9 Å². The summed E-state index contributed by atoms with van der Waals surface area (Å²) in [6.45, 7) is 1.40. The Morgan fingerprint density at radius 2 is 1.88 bits per heavy atom. The molecule has 3 N–H and O–H groups in total. The lowest BCUT2D eigenvalue weighted by Gasteiger charge is -2.35. The second-order valence-corrected chi connectivity index (χ2v) is 6.89. The van der Waals surface area contributed by atoms with Crippen LogP contribution in [0.25, 0.3) is 0 Å². The summed E-state index contributed by atoms with van der Waals surface area (Å²) >= 11 is 0. The van der Waals surface area contributed by atoms with Crippen molar-refractivity contribution in [3.63, 3.8) is 0 Å². The highest BCUT2D eigenvalue weighted by molar-refractivity contribution is 7.86. The summed E-state index contributed by atoms with van der Waals surface area (Å²) < 4.78 is 26.8. The third-order valence-electron chi connectivity index (χ3n) is 3.19. The fourth-order valence-electron chi connectivity index (χ4n) is 1.97. The smallest absolute Gasteiger partial charge is 0.281 e. The molecule has 0 aliphatic heterocycles. The van der Waals surface area contributed by atoms with E-state index in [2.05, 4.69) is 0 Å². The van der Waals surface area contributed by atoms with Crippen LogP contribution in [0.15, 0.2) is 0 Å². The summed E-state index contributed by atoms with van der Waals surface area (Å²) in [5.41, 5.74) is 5.36. The molecule has 1 rings (SSSR count). The van der Waals surface area contributed by atoms with Gasteiger partial charge >= 0.3 is 0 Å². The van der Waals surface area contributed by atoms with Gasteiger partial charge in [0.2, 0.25) is 0 Å². The summed E-state index contributed by atoms with van der Waals surface area (Å²) in [6.07, 6.45) is 1.82. The third kappa shape index (κ3) is 3.89. The summed E-state index contributed by atoms with van der Waals surface area (Å²) in [6, 6.07) is 0. The molecule has 102 valence electrons. The Kier molecular flexibility index (Phi) is 5.33. The zero-order chi connectivity index (χ0) is 13.1. The maximum Gasteiger partial charge on any atom is 0.281 e. The Bertz CT molecular complexity index is 328. The fourth-order valence-corrected chi connectivity index (χ4v) is 3.21. The number of nitrogens with two attached hydrogens (primary N) is 1. The van der Waals surface area contributed by atoms with Gasteiger partial charge in [-0.3, -0.25) is 0 Å². The van der Waals surface area contributed by atoms with Crippen LogP contribution in [0.2, 0.25) is 0 Å². The van der Waals surface area contributed by atoms with Gasteiger partial charge in [-0.1, -0.05) is 0 Å². The molecule has 1 aliphatic carbocycles. The van der Waals surface area contributed by atoms with Crippen LogP contribution in [0.4, 0.5) is 0 Å². The van der Waals surface area contributed by atoms with E-state index in [1.54, 1.807) is 14.1 Å². The van der Waals surface area contributed by atoms with Crippen molar-refractivity contribution in [2.45, 2.75) is 25.4 Å². The first-order chi connectivity index (χ1) is 7.87. The number of aliphatic hydroxyl groups excluding tert-OH is 1. The maximum atomic E-state index is 12.0.